The van der Waals surface area contributed by atoms with Gasteiger partial charge in [0.05, 0.1) is 16.9 Å². The molecule has 0 bridgehead atoms. The molecule has 0 saturated heterocycles. The number of para-hydroxylation sites is 1. The molecule has 0 amide bonds. The molecule has 0 fully saturated rings. The fourth-order valence-electron chi connectivity index (χ4n) is 1.91. The highest BCUT2D eigenvalue weighted by molar-refractivity contribution is 6.05. The molecule has 3 aromatic rings. The van der Waals surface area contributed by atoms with Crippen molar-refractivity contribution in [3.63, 3.8) is 0 Å². The Balaban J connectivity index is 1.87. The highest BCUT2D eigenvalue weighted by Crippen LogP contribution is 2.12. The van der Waals surface area contributed by atoms with E-state index in [-0.39, 0.29) is 5.78 Å². The Hall–Kier alpha value is -2.68. The van der Waals surface area contributed by atoms with Gasteiger partial charge in [-0.25, -0.2) is 4.98 Å². The number of carbonyl (C=O) groups excluding carboxylic acids is 1. The van der Waals surface area contributed by atoms with Crippen LogP contribution in [0.3, 0.4) is 0 Å². The molecule has 0 aliphatic rings. The van der Waals surface area contributed by atoms with Gasteiger partial charge in [0, 0.05) is 11.6 Å². The van der Waals surface area contributed by atoms with Gasteiger partial charge >= 0.3 is 0 Å². The topological polar surface area (TPSA) is 45.8 Å². The number of rotatable bonds is 3. The Bertz CT molecular complexity index is 742. The van der Waals surface area contributed by atoms with E-state index in [0.29, 0.717) is 5.69 Å². The van der Waals surface area contributed by atoms with Gasteiger partial charge in [-0.05, 0) is 36.4 Å². The molecule has 0 saturated carbocycles. The Morgan fingerprint density at radius 3 is 2.79 bits per heavy atom. The molecule has 2 aromatic heterocycles. The largest absolute Gasteiger partial charge is 0.359 e. The lowest BCUT2D eigenvalue weighted by atomic mass is 10.2. The average Bonchev–Trinajstić information content (AvgIpc) is 2.99. The quantitative estimate of drug-likeness (QED) is 0.570. The monoisotopic (exact) mass is 248 g/mol. The summed E-state index contributed by atoms with van der Waals surface area (Å²) in [5.41, 5.74) is 2.28. The lowest BCUT2D eigenvalue weighted by Crippen LogP contribution is -1.93. The van der Waals surface area contributed by atoms with Gasteiger partial charge < -0.3 is 4.98 Å². The van der Waals surface area contributed by atoms with Gasteiger partial charge in [-0.1, -0.05) is 24.3 Å². The fraction of sp³-hybridized carbons (Fsp3) is 0. The molecule has 0 spiro atoms. The fourth-order valence-corrected chi connectivity index (χ4v) is 1.91. The van der Waals surface area contributed by atoms with E-state index >= 15 is 0 Å². The third-order valence-corrected chi connectivity index (χ3v) is 2.89. The highest BCUT2D eigenvalue weighted by Gasteiger charge is 2.01. The SMILES string of the molecule is O=C(C=Cc1ccc2ccccc2n1)c1ccc[nH]1. The number of ketones is 1. The molecule has 1 N–H and O–H groups in total. The number of fused-ring (bicyclic) bond motifs is 1. The summed E-state index contributed by atoms with van der Waals surface area (Å²) >= 11 is 0. The smallest absolute Gasteiger partial charge is 0.202 e. The molecule has 3 heteroatoms. The molecule has 0 atom stereocenters. The summed E-state index contributed by atoms with van der Waals surface area (Å²) in [5.74, 6) is -0.0556. The summed E-state index contributed by atoms with van der Waals surface area (Å²) in [4.78, 5) is 19.2. The molecule has 3 rings (SSSR count). The van der Waals surface area contributed by atoms with E-state index in [2.05, 4.69) is 9.97 Å². The van der Waals surface area contributed by atoms with Crippen molar-refractivity contribution < 1.29 is 4.79 Å². The van der Waals surface area contributed by atoms with Gasteiger partial charge in [-0.3, -0.25) is 4.79 Å². The van der Waals surface area contributed by atoms with Crippen molar-refractivity contribution in [1.82, 2.24) is 9.97 Å². The van der Waals surface area contributed by atoms with Crippen LogP contribution < -0.4 is 0 Å². The minimum Gasteiger partial charge on any atom is -0.359 e. The van der Waals surface area contributed by atoms with Crippen LogP contribution in [0.25, 0.3) is 17.0 Å². The lowest BCUT2D eigenvalue weighted by molar-refractivity contribution is 0.104. The molecule has 19 heavy (non-hydrogen) atoms. The number of benzene rings is 1. The summed E-state index contributed by atoms with van der Waals surface area (Å²) < 4.78 is 0. The van der Waals surface area contributed by atoms with Crippen LogP contribution >= 0.6 is 0 Å². The van der Waals surface area contributed by atoms with Gasteiger partial charge in [0.1, 0.15) is 0 Å². The van der Waals surface area contributed by atoms with Crippen molar-refractivity contribution >= 4 is 22.8 Å². The van der Waals surface area contributed by atoms with E-state index in [0.717, 1.165) is 16.6 Å². The normalized spacial score (nSPS) is 11.2. The Labute approximate surface area is 110 Å². The zero-order valence-electron chi connectivity index (χ0n) is 10.2. The van der Waals surface area contributed by atoms with Gasteiger partial charge in [-0.15, -0.1) is 0 Å². The number of hydrogen-bond acceptors (Lipinski definition) is 2. The molecular formula is C16H12N2O. The predicted octanol–water partition coefficient (Wildman–Crippen LogP) is 3.46. The number of nitrogens with zero attached hydrogens (tertiary/aromatic N) is 1. The Kier molecular flexibility index (Phi) is 2.94. The Morgan fingerprint density at radius 2 is 1.95 bits per heavy atom. The minimum atomic E-state index is -0.0556. The van der Waals surface area contributed by atoms with Crippen molar-refractivity contribution in [2.75, 3.05) is 0 Å². The predicted molar refractivity (Wildman–Crippen MR) is 75.9 cm³/mol. The molecule has 2 heterocycles. The summed E-state index contributed by atoms with van der Waals surface area (Å²) in [6.45, 7) is 0. The van der Waals surface area contributed by atoms with Crippen LogP contribution in [-0.4, -0.2) is 15.8 Å². The first-order chi connectivity index (χ1) is 9.33. The molecule has 0 aliphatic carbocycles. The van der Waals surface area contributed by atoms with Crippen molar-refractivity contribution in [3.05, 3.63) is 72.2 Å². The first kappa shape index (κ1) is 11.4. The van der Waals surface area contributed by atoms with Crippen molar-refractivity contribution in [2.45, 2.75) is 0 Å². The molecule has 1 aromatic carbocycles. The standard InChI is InChI=1S/C16H12N2O/c19-16(15-6-3-11-17-15)10-9-13-8-7-12-4-1-2-5-14(12)18-13/h1-11,17H. The van der Waals surface area contributed by atoms with Crippen LogP contribution in [0.5, 0.6) is 0 Å². The van der Waals surface area contributed by atoms with Crippen LogP contribution in [0, 0.1) is 0 Å². The van der Waals surface area contributed by atoms with Crippen molar-refractivity contribution in [3.8, 4) is 0 Å². The van der Waals surface area contributed by atoms with E-state index in [1.54, 1.807) is 24.4 Å². The maximum atomic E-state index is 11.8. The number of nitrogens with one attached hydrogen (secondary N) is 1. The zero-order valence-corrected chi connectivity index (χ0v) is 10.2. The average molecular weight is 248 g/mol. The number of H-pyrrole nitrogens is 1. The minimum absolute atomic E-state index is 0.0556. The molecule has 3 nitrogen and oxygen atoms in total. The first-order valence-corrected chi connectivity index (χ1v) is 6.04. The lowest BCUT2D eigenvalue weighted by Gasteiger charge is -1.98. The second kappa shape index (κ2) is 4.90. The highest BCUT2D eigenvalue weighted by atomic mass is 16.1. The number of aromatic nitrogens is 2. The number of allylic oxidation sites excluding steroid dienone is 1. The van der Waals surface area contributed by atoms with E-state index in [1.807, 2.05) is 36.4 Å². The second-order valence-corrected chi connectivity index (χ2v) is 4.21. The molecule has 0 unspecified atom stereocenters. The molecule has 0 aliphatic heterocycles. The number of aromatic amines is 1. The van der Waals surface area contributed by atoms with E-state index in [9.17, 15) is 4.79 Å². The van der Waals surface area contributed by atoms with E-state index < -0.39 is 0 Å². The maximum Gasteiger partial charge on any atom is 0.202 e. The third kappa shape index (κ3) is 2.45. The van der Waals surface area contributed by atoms with E-state index in [1.165, 1.54) is 6.08 Å². The molecule has 92 valence electrons. The van der Waals surface area contributed by atoms with Crippen LogP contribution in [-0.2, 0) is 0 Å². The summed E-state index contributed by atoms with van der Waals surface area (Å²) in [7, 11) is 0. The second-order valence-electron chi connectivity index (χ2n) is 4.21. The number of pyridine rings is 1. The Morgan fingerprint density at radius 1 is 1.05 bits per heavy atom. The van der Waals surface area contributed by atoms with Crippen molar-refractivity contribution in [1.29, 1.82) is 0 Å². The van der Waals surface area contributed by atoms with Crippen molar-refractivity contribution in [2.24, 2.45) is 0 Å². The van der Waals surface area contributed by atoms with Crippen LogP contribution in [0.4, 0.5) is 0 Å². The van der Waals surface area contributed by atoms with Gasteiger partial charge in [0.2, 0.25) is 5.78 Å². The maximum absolute atomic E-state index is 11.8. The molecular weight excluding hydrogens is 236 g/mol. The van der Waals surface area contributed by atoms with Crippen LogP contribution in [0.2, 0.25) is 0 Å². The van der Waals surface area contributed by atoms with E-state index in [4.69, 9.17) is 0 Å². The van der Waals surface area contributed by atoms with Gasteiger partial charge in [0.15, 0.2) is 0 Å². The third-order valence-electron chi connectivity index (χ3n) is 2.89. The summed E-state index contributed by atoms with van der Waals surface area (Å²) in [5, 5.41) is 1.09. The first-order valence-electron chi connectivity index (χ1n) is 6.04. The number of carbonyl (C=O) groups is 1. The van der Waals surface area contributed by atoms with Gasteiger partial charge in [0.25, 0.3) is 0 Å². The zero-order chi connectivity index (χ0) is 13.1. The summed E-state index contributed by atoms with van der Waals surface area (Å²) in [6, 6.07) is 15.4. The van der Waals surface area contributed by atoms with Crippen LogP contribution in [0.15, 0.2) is 60.8 Å². The van der Waals surface area contributed by atoms with Gasteiger partial charge in [-0.2, -0.15) is 0 Å². The summed E-state index contributed by atoms with van der Waals surface area (Å²) in [6.07, 6.45) is 4.99. The number of hydrogen-bond donors (Lipinski definition) is 1. The van der Waals surface area contributed by atoms with Crippen LogP contribution in [0.1, 0.15) is 16.2 Å². The molecule has 0 radical (unpaired) electrons.